The Hall–Kier alpha value is -2.62. The quantitative estimate of drug-likeness (QED) is 0.686. The summed E-state index contributed by atoms with van der Waals surface area (Å²) in [6, 6.07) is 11.8. The van der Waals surface area contributed by atoms with Gasteiger partial charge in [0, 0.05) is 18.8 Å². The normalized spacial score (nSPS) is 14.9. The van der Waals surface area contributed by atoms with Gasteiger partial charge < -0.3 is 19.5 Å². The number of anilines is 1. The molecule has 0 saturated carbocycles. The molecule has 0 bridgehead atoms. The molecule has 3 rings (SSSR count). The minimum Gasteiger partial charge on any atom is -0.494 e. The van der Waals surface area contributed by atoms with E-state index in [0.717, 1.165) is 5.75 Å². The molecule has 1 saturated heterocycles. The first-order valence-corrected chi connectivity index (χ1v) is 11.2. The molecule has 1 amide bonds. The lowest BCUT2D eigenvalue weighted by Crippen LogP contribution is -2.40. The summed E-state index contributed by atoms with van der Waals surface area (Å²) in [6.45, 7) is 5.37. The van der Waals surface area contributed by atoms with Crippen LogP contribution in [0.3, 0.4) is 0 Å². The third-order valence-electron chi connectivity index (χ3n) is 4.56. The fraction of sp³-hybridized carbons (Fsp3) is 0.381. The molecule has 1 heterocycles. The Morgan fingerprint density at radius 1 is 1.07 bits per heavy atom. The van der Waals surface area contributed by atoms with Crippen molar-refractivity contribution in [2.24, 2.45) is 0 Å². The van der Waals surface area contributed by atoms with Crippen LogP contribution in [-0.4, -0.2) is 58.1 Å². The smallest absolute Gasteiger partial charge is 0.262 e. The summed E-state index contributed by atoms with van der Waals surface area (Å²) < 4.78 is 43.4. The highest BCUT2D eigenvalue weighted by atomic mass is 32.2. The summed E-state index contributed by atoms with van der Waals surface area (Å²) in [7, 11) is -3.66. The number of rotatable bonds is 8. The van der Waals surface area contributed by atoms with E-state index in [-0.39, 0.29) is 17.4 Å². The van der Waals surface area contributed by atoms with Crippen LogP contribution in [0.25, 0.3) is 0 Å². The summed E-state index contributed by atoms with van der Waals surface area (Å²) in [5.74, 6) is 0.874. The predicted octanol–water partition coefficient (Wildman–Crippen LogP) is 2.43. The molecule has 1 aliphatic heterocycles. The minimum atomic E-state index is -3.66. The van der Waals surface area contributed by atoms with Gasteiger partial charge in [-0.05, 0) is 55.8 Å². The van der Waals surface area contributed by atoms with E-state index in [0.29, 0.717) is 49.9 Å². The minimum absolute atomic E-state index is 0.176. The van der Waals surface area contributed by atoms with Crippen molar-refractivity contribution in [1.29, 1.82) is 0 Å². The van der Waals surface area contributed by atoms with Crippen LogP contribution in [0, 0.1) is 6.92 Å². The van der Waals surface area contributed by atoms with Crippen molar-refractivity contribution < 1.29 is 27.4 Å². The molecule has 0 unspecified atom stereocenters. The summed E-state index contributed by atoms with van der Waals surface area (Å²) in [4.78, 5) is 12.4. The predicted molar refractivity (Wildman–Crippen MR) is 112 cm³/mol. The SMILES string of the molecule is CCOc1ccc(OCC(=O)Nc2ccc(C)c(S(=O)(=O)N3CCOCC3)c2)cc1. The zero-order chi connectivity index (χ0) is 21.6. The van der Waals surface area contributed by atoms with E-state index < -0.39 is 10.0 Å². The molecule has 2 aromatic rings. The van der Waals surface area contributed by atoms with Gasteiger partial charge in [-0.25, -0.2) is 8.42 Å². The average molecular weight is 435 g/mol. The lowest BCUT2D eigenvalue weighted by atomic mass is 10.2. The van der Waals surface area contributed by atoms with Gasteiger partial charge >= 0.3 is 0 Å². The number of nitrogens with zero attached hydrogens (tertiary/aromatic N) is 1. The van der Waals surface area contributed by atoms with Gasteiger partial charge in [-0.2, -0.15) is 4.31 Å². The second-order valence-corrected chi connectivity index (χ2v) is 8.64. The Bertz CT molecular complexity index is 969. The van der Waals surface area contributed by atoms with Crippen LogP contribution in [0.15, 0.2) is 47.4 Å². The van der Waals surface area contributed by atoms with Gasteiger partial charge in [0.1, 0.15) is 11.5 Å². The third-order valence-corrected chi connectivity index (χ3v) is 6.61. The van der Waals surface area contributed by atoms with Crippen molar-refractivity contribution in [3.05, 3.63) is 48.0 Å². The molecule has 0 atom stereocenters. The first kappa shape index (κ1) is 22.1. The zero-order valence-corrected chi connectivity index (χ0v) is 17.9. The summed E-state index contributed by atoms with van der Waals surface area (Å²) in [5, 5.41) is 2.69. The van der Waals surface area contributed by atoms with Crippen LogP contribution >= 0.6 is 0 Å². The maximum atomic E-state index is 13.0. The van der Waals surface area contributed by atoms with E-state index in [1.807, 2.05) is 6.92 Å². The number of hydrogen-bond donors (Lipinski definition) is 1. The molecule has 162 valence electrons. The van der Waals surface area contributed by atoms with E-state index in [1.165, 1.54) is 10.4 Å². The fourth-order valence-electron chi connectivity index (χ4n) is 3.03. The molecule has 0 spiro atoms. The molecule has 8 nitrogen and oxygen atoms in total. The number of amides is 1. The maximum Gasteiger partial charge on any atom is 0.262 e. The Balaban J connectivity index is 1.63. The van der Waals surface area contributed by atoms with Crippen LogP contribution in [-0.2, 0) is 19.6 Å². The molecule has 0 aromatic heterocycles. The first-order chi connectivity index (χ1) is 14.4. The Morgan fingerprint density at radius 3 is 2.33 bits per heavy atom. The lowest BCUT2D eigenvalue weighted by Gasteiger charge is -2.26. The molecule has 30 heavy (non-hydrogen) atoms. The maximum absolute atomic E-state index is 13.0. The molecular weight excluding hydrogens is 408 g/mol. The van der Waals surface area contributed by atoms with Crippen LogP contribution in [0.5, 0.6) is 11.5 Å². The van der Waals surface area contributed by atoms with Crippen molar-refractivity contribution in [2.45, 2.75) is 18.7 Å². The van der Waals surface area contributed by atoms with Gasteiger partial charge in [0.2, 0.25) is 10.0 Å². The Kier molecular flexibility index (Phi) is 7.30. The van der Waals surface area contributed by atoms with Crippen molar-refractivity contribution in [3.8, 4) is 11.5 Å². The monoisotopic (exact) mass is 434 g/mol. The van der Waals surface area contributed by atoms with Crippen molar-refractivity contribution in [3.63, 3.8) is 0 Å². The van der Waals surface area contributed by atoms with Crippen molar-refractivity contribution in [2.75, 3.05) is 44.8 Å². The van der Waals surface area contributed by atoms with E-state index in [1.54, 1.807) is 43.3 Å². The van der Waals surface area contributed by atoms with Gasteiger partial charge in [-0.1, -0.05) is 6.07 Å². The molecule has 1 N–H and O–H groups in total. The fourth-order valence-corrected chi connectivity index (χ4v) is 4.69. The van der Waals surface area contributed by atoms with Crippen LogP contribution in [0.4, 0.5) is 5.69 Å². The van der Waals surface area contributed by atoms with Gasteiger partial charge in [0.25, 0.3) is 5.91 Å². The molecule has 0 radical (unpaired) electrons. The number of benzene rings is 2. The first-order valence-electron chi connectivity index (χ1n) is 9.74. The molecular formula is C21H26N2O6S. The van der Waals surface area contributed by atoms with Crippen LogP contribution < -0.4 is 14.8 Å². The highest BCUT2D eigenvalue weighted by molar-refractivity contribution is 7.89. The topological polar surface area (TPSA) is 94.2 Å². The second-order valence-electron chi connectivity index (χ2n) is 6.74. The lowest BCUT2D eigenvalue weighted by molar-refractivity contribution is -0.118. The number of aryl methyl sites for hydroxylation is 1. The molecule has 9 heteroatoms. The van der Waals surface area contributed by atoms with Crippen LogP contribution in [0.2, 0.25) is 0 Å². The summed E-state index contributed by atoms with van der Waals surface area (Å²) in [5.41, 5.74) is 1.01. The molecule has 1 fully saturated rings. The number of carbonyl (C=O) groups is 1. The Labute approximate surface area is 176 Å². The summed E-state index contributed by atoms with van der Waals surface area (Å²) >= 11 is 0. The van der Waals surface area contributed by atoms with Crippen molar-refractivity contribution in [1.82, 2.24) is 4.31 Å². The number of nitrogens with one attached hydrogen (secondary N) is 1. The van der Waals surface area contributed by atoms with Gasteiger partial charge in [-0.3, -0.25) is 4.79 Å². The van der Waals surface area contributed by atoms with E-state index >= 15 is 0 Å². The molecule has 0 aliphatic carbocycles. The number of carbonyl (C=O) groups excluding carboxylic acids is 1. The van der Waals surface area contributed by atoms with Crippen molar-refractivity contribution >= 4 is 21.6 Å². The second kappa shape index (κ2) is 9.92. The standard InChI is InChI=1S/C21H26N2O6S/c1-3-28-18-6-8-19(9-7-18)29-15-21(24)22-17-5-4-16(2)20(14-17)30(25,26)23-10-12-27-13-11-23/h4-9,14H,3,10-13,15H2,1-2H3,(H,22,24). The third kappa shape index (κ3) is 5.50. The molecule has 2 aromatic carbocycles. The van der Waals surface area contributed by atoms with Gasteiger partial charge in [0.05, 0.1) is 24.7 Å². The summed E-state index contributed by atoms with van der Waals surface area (Å²) in [6.07, 6.45) is 0. The van der Waals surface area contributed by atoms with Crippen LogP contribution in [0.1, 0.15) is 12.5 Å². The number of hydrogen-bond acceptors (Lipinski definition) is 6. The highest BCUT2D eigenvalue weighted by Gasteiger charge is 2.28. The highest BCUT2D eigenvalue weighted by Crippen LogP contribution is 2.24. The van der Waals surface area contributed by atoms with E-state index in [9.17, 15) is 13.2 Å². The number of morpholine rings is 1. The van der Waals surface area contributed by atoms with E-state index in [4.69, 9.17) is 14.2 Å². The van der Waals surface area contributed by atoms with E-state index in [2.05, 4.69) is 5.32 Å². The Morgan fingerprint density at radius 2 is 1.70 bits per heavy atom. The average Bonchev–Trinajstić information content (AvgIpc) is 2.75. The van der Waals surface area contributed by atoms with Gasteiger partial charge in [0.15, 0.2) is 6.61 Å². The number of sulfonamides is 1. The zero-order valence-electron chi connectivity index (χ0n) is 17.1. The van der Waals surface area contributed by atoms with Gasteiger partial charge in [-0.15, -0.1) is 0 Å². The number of ether oxygens (including phenoxy) is 3. The largest absolute Gasteiger partial charge is 0.494 e. The molecule has 1 aliphatic rings.